The molecule has 0 aromatic carbocycles. The summed E-state index contributed by atoms with van der Waals surface area (Å²) >= 11 is 0. The highest BCUT2D eigenvalue weighted by molar-refractivity contribution is 7.86. The molecule has 136 valence electrons. The molecule has 3 rings (SSSR count). The third-order valence-electron chi connectivity index (χ3n) is 4.96. The van der Waals surface area contributed by atoms with Gasteiger partial charge in [-0.25, -0.2) is 0 Å². The fraction of sp³-hybridized carbons (Fsp3) is 0.500. The van der Waals surface area contributed by atoms with Gasteiger partial charge in [0, 0.05) is 12.5 Å². The second kappa shape index (κ2) is 6.30. The van der Waals surface area contributed by atoms with Gasteiger partial charge in [0.15, 0.2) is 5.96 Å². The Kier molecular flexibility index (Phi) is 4.46. The van der Waals surface area contributed by atoms with Crippen molar-refractivity contribution in [3.05, 3.63) is 34.6 Å². The van der Waals surface area contributed by atoms with Crippen LogP contribution >= 0.6 is 0 Å². The molecule has 2 heterocycles. The lowest BCUT2D eigenvalue weighted by atomic mass is 9.80. The molecule has 1 fully saturated rings. The Hall–Kier alpha value is -2.13. The van der Waals surface area contributed by atoms with E-state index < -0.39 is 27.7 Å². The van der Waals surface area contributed by atoms with Gasteiger partial charge in [-0.3, -0.25) is 20.1 Å². The van der Waals surface area contributed by atoms with Crippen LogP contribution in [0.2, 0.25) is 0 Å². The third-order valence-corrected chi connectivity index (χ3v) is 5.64. The van der Waals surface area contributed by atoms with E-state index in [2.05, 4.69) is 5.32 Å². The van der Waals surface area contributed by atoms with Crippen LogP contribution in [0.25, 0.3) is 0 Å². The lowest BCUT2D eigenvalue weighted by Crippen LogP contribution is -2.43. The molecule has 2 unspecified atom stereocenters. The molecule has 2 aliphatic heterocycles. The van der Waals surface area contributed by atoms with E-state index in [-0.39, 0.29) is 17.7 Å². The van der Waals surface area contributed by atoms with Gasteiger partial charge in [-0.05, 0) is 37.3 Å². The van der Waals surface area contributed by atoms with E-state index in [1.54, 1.807) is 0 Å². The van der Waals surface area contributed by atoms with Crippen LogP contribution in [0, 0.1) is 11.3 Å². The van der Waals surface area contributed by atoms with Crippen molar-refractivity contribution < 1.29 is 17.8 Å². The fourth-order valence-electron chi connectivity index (χ4n) is 4.13. The van der Waals surface area contributed by atoms with Crippen LogP contribution in [0.3, 0.4) is 0 Å². The number of guanidine groups is 1. The third kappa shape index (κ3) is 3.34. The van der Waals surface area contributed by atoms with Crippen LogP contribution in [0.15, 0.2) is 34.6 Å². The molecule has 1 amide bonds. The average Bonchev–Trinajstić information content (AvgIpc) is 2.64. The first kappa shape index (κ1) is 17.7. The van der Waals surface area contributed by atoms with Crippen molar-refractivity contribution in [1.29, 1.82) is 5.41 Å². The number of nitrogens with zero attached hydrogens (tertiary/aromatic N) is 1. The molecule has 0 spiro atoms. The molecule has 0 aromatic rings. The normalized spacial score (nSPS) is 25.8. The number of nitrogens with one attached hydrogen (secondary N) is 2. The van der Waals surface area contributed by atoms with E-state index in [4.69, 9.17) is 11.1 Å². The fourth-order valence-corrected chi connectivity index (χ4v) is 4.84. The molecule has 1 aliphatic carbocycles. The Labute approximate surface area is 146 Å². The maximum absolute atomic E-state index is 12.7. The van der Waals surface area contributed by atoms with Crippen molar-refractivity contribution in [2.24, 2.45) is 11.7 Å². The van der Waals surface area contributed by atoms with Gasteiger partial charge in [-0.1, -0.05) is 17.7 Å². The summed E-state index contributed by atoms with van der Waals surface area (Å²) in [6.07, 6.45) is 6.76. The van der Waals surface area contributed by atoms with Gasteiger partial charge in [0.1, 0.15) is 5.70 Å². The minimum Gasteiger partial charge on any atom is -0.370 e. The van der Waals surface area contributed by atoms with Gasteiger partial charge in [-0.2, -0.15) is 8.42 Å². The number of carbonyl (C=O) groups is 1. The van der Waals surface area contributed by atoms with Gasteiger partial charge in [-0.15, -0.1) is 0 Å². The molecule has 0 saturated carbocycles. The van der Waals surface area contributed by atoms with Crippen molar-refractivity contribution in [3.8, 4) is 0 Å². The molecular weight excluding hydrogens is 344 g/mol. The first-order valence-electron chi connectivity index (χ1n) is 8.16. The molecule has 1 saturated heterocycles. The minimum atomic E-state index is -4.31. The Morgan fingerprint density at radius 2 is 2.16 bits per heavy atom. The number of hydrogen-bond acceptors (Lipinski definition) is 5. The summed E-state index contributed by atoms with van der Waals surface area (Å²) in [6, 6.07) is -0.114. The largest absolute Gasteiger partial charge is 0.370 e. The SMILES string of the molecule is CC1=CC=C2CCCCN3C(C(=O)NC(=N)N)=C(CS(=O)(=O)O)C1C23. The Balaban J connectivity index is 2.15. The van der Waals surface area contributed by atoms with Crippen LogP contribution in [-0.4, -0.2) is 48.1 Å². The smallest absolute Gasteiger partial charge is 0.274 e. The van der Waals surface area contributed by atoms with Crippen LogP contribution in [0.4, 0.5) is 0 Å². The lowest BCUT2D eigenvalue weighted by Gasteiger charge is -2.34. The molecule has 0 aromatic heterocycles. The van der Waals surface area contributed by atoms with Crippen LogP contribution in [-0.2, 0) is 14.9 Å². The average molecular weight is 366 g/mol. The second-order valence-corrected chi connectivity index (χ2v) is 8.15. The van der Waals surface area contributed by atoms with Crippen LogP contribution < -0.4 is 11.1 Å². The van der Waals surface area contributed by atoms with E-state index >= 15 is 0 Å². The Morgan fingerprint density at radius 3 is 2.80 bits per heavy atom. The topological polar surface area (TPSA) is 137 Å². The molecule has 5 N–H and O–H groups in total. The highest BCUT2D eigenvalue weighted by atomic mass is 32.2. The van der Waals surface area contributed by atoms with Gasteiger partial charge >= 0.3 is 0 Å². The molecule has 0 radical (unpaired) electrons. The van der Waals surface area contributed by atoms with E-state index in [1.165, 1.54) is 0 Å². The lowest BCUT2D eigenvalue weighted by molar-refractivity contribution is -0.117. The maximum Gasteiger partial charge on any atom is 0.274 e. The summed E-state index contributed by atoms with van der Waals surface area (Å²) in [5.41, 5.74) is 7.98. The minimum absolute atomic E-state index is 0.114. The molecule has 3 aliphatic rings. The van der Waals surface area contributed by atoms with E-state index in [0.717, 1.165) is 30.4 Å². The molecule has 25 heavy (non-hydrogen) atoms. The number of amides is 1. The number of carbonyl (C=O) groups excluding carboxylic acids is 1. The number of allylic oxidation sites excluding steroid dienone is 2. The van der Waals surface area contributed by atoms with Crippen molar-refractivity contribution in [2.45, 2.75) is 32.2 Å². The zero-order valence-corrected chi connectivity index (χ0v) is 14.8. The van der Waals surface area contributed by atoms with E-state index in [0.29, 0.717) is 12.1 Å². The van der Waals surface area contributed by atoms with Crippen molar-refractivity contribution in [2.75, 3.05) is 12.3 Å². The molecule has 9 heteroatoms. The van der Waals surface area contributed by atoms with Gasteiger partial charge in [0.2, 0.25) is 0 Å². The van der Waals surface area contributed by atoms with Crippen LogP contribution in [0.1, 0.15) is 26.2 Å². The summed E-state index contributed by atoms with van der Waals surface area (Å²) in [4.78, 5) is 14.6. The summed E-state index contributed by atoms with van der Waals surface area (Å²) in [6.45, 7) is 2.51. The number of hydrogen-bond donors (Lipinski definition) is 4. The summed E-state index contributed by atoms with van der Waals surface area (Å²) in [5.74, 6) is -1.98. The van der Waals surface area contributed by atoms with Crippen molar-refractivity contribution in [1.82, 2.24) is 10.2 Å². The first-order chi connectivity index (χ1) is 11.7. The number of nitrogens with two attached hydrogens (primary N) is 1. The Bertz CT molecular complexity index is 825. The first-order valence-corrected chi connectivity index (χ1v) is 9.77. The van der Waals surface area contributed by atoms with Crippen molar-refractivity contribution in [3.63, 3.8) is 0 Å². The van der Waals surface area contributed by atoms with E-state index in [9.17, 15) is 17.8 Å². The highest BCUT2D eigenvalue weighted by Gasteiger charge is 2.47. The highest BCUT2D eigenvalue weighted by Crippen LogP contribution is 2.46. The van der Waals surface area contributed by atoms with Crippen LogP contribution in [0.5, 0.6) is 0 Å². The predicted octanol–water partition coefficient (Wildman–Crippen LogP) is 0.509. The molecule has 0 bridgehead atoms. The van der Waals surface area contributed by atoms with Gasteiger partial charge < -0.3 is 10.6 Å². The summed E-state index contributed by atoms with van der Waals surface area (Å²) < 4.78 is 32.6. The summed E-state index contributed by atoms with van der Waals surface area (Å²) in [7, 11) is -4.31. The van der Waals surface area contributed by atoms with E-state index in [1.807, 2.05) is 24.0 Å². The van der Waals surface area contributed by atoms with Gasteiger partial charge in [0.25, 0.3) is 16.0 Å². The Morgan fingerprint density at radius 1 is 1.44 bits per heavy atom. The standard InChI is InChI=1S/C16H22N4O4S/c1-9-5-6-10-4-2-3-7-20-13(10)12(9)11(8-25(22,23)24)14(20)15(21)19-16(17)18/h5-6,12-13H,2-4,7-8H2,1H3,(H,22,23,24)(H4,17,18,19,21). The van der Waals surface area contributed by atoms with Crippen molar-refractivity contribution >= 4 is 22.0 Å². The maximum atomic E-state index is 12.7. The predicted molar refractivity (Wildman–Crippen MR) is 93.2 cm³/mol. The molecule has 2 atom stereocenters. The molecular formula is C16H22N4O4S. The summed E-state index contributed by atoms with van der Waals surface area (Å²) in [5, 5.41) is 9.57. The zero-order valence-electron chi connectivity index (χ0n) is 13.9. The monoisotopic (exact) mass is 366 g/mol. The second-order valence-electron chi connectivity index (χ2n) is 6.69. The quantitative estimate of drug-likeness (QED) is 0.326. The van der Waals surface area contributed by atoms with Gasteiger partial charge in [0.05, 0.1) is 11.8 Å². The number of rotatable bonds is 3. The molecule has 8 nitrogen and oxygen atoms in total. The zero-order chi connectivity index (χ0) is 18.4.